The summed E-state index contributed by atoms with van der Waals surface area (Å²) in [5.41, 5.74) is 4.28. The average Bonchev–Trinajstić information content (AvgIpc) is 3.04. The second-order valence-electron chi connectivity index (χ2n) is 6.61. The molecule has 6 nitrogen and oxygen atoms in total. The van der Waals surface area contributed by atoms with E-state index in [-0.39, 0.29) is 22.4 Å². The van der Waals surface area contributed by atoms with Crippen LogP contribution in [0, 0.1) is 20.8 Å². The van der Waals surface area contributed by atoms with Crippen LogP contribution in [0.5, 0.6) is 0 Å². The molecule has 0 aliphatic heterocycles. The van der Waals surface area contributed by atoms with E-state index < -0.39 is 10.0 Å². The van der Waals surface area contributed by atoms with Gasteiger partial charge in [-0.05, 0) is 50.1 Å². The van der Waals surface area contributed by atoms with Crippen molar-refractivity contribution >= 4 is 38.1 Å². The summed E-state index contributed by atoms with van der Waals surface area (Å²) in [5, 5.41) is 4.78. The number of carbonyl (C=O) groups is 1. The SMILES string of the molecule is Cc1ccc(S(=O)(=O)Nc2nc(CC(=O)Nc3cc(C)ccc3C)cs2)cc1. The Hall–Kier alpha value is -2.71. The molecule has 0 saturated carbocycles. The number of hydrogen-bond acceptors (Lipinski definition) is 5. The van der Waals surface area contributed by atoms with E-state index in [9.17, 15) is 13.2 Å². The Balaban J connectivity index is 1.66. The van der Waals surface area contributed by atoms with Crippen molar-refractivity contribution in [3.05, 3.63) is 70.2 Å². The van der Waals surface area contributed by atoms with Crippen molar-refractivity contribution in [2.75, 3.05) is 10.0 Å². The molecule has 0 aliphatic rings. The standard InChI is InChI=1S/C20H21N3O3S2/c1-13-5-8-17(9-6-13)28(25,26)23-20-21-16(12-27-20)11-19(24)22-18-10-14(2)4-7-15(18)3/h4-10,12H,11H2,1-3H3,(H,21,23)(H,22,24). The number of hydrogen-bond donors (Lipinski definition) is 2. The summed E-state index contributed by atoms with van der Waals surface area (Å²) in [6, 6.07) is 12.4. The number of sulfonamides is 1. The number of anilines is 2. The predicted octanol–water partition coefficient (Wildman–Crippen LogP) is 4.05. The summed E-state index contributed by atoms with van der Waals surface area (Å²) < 4.78 is 27.3. The highest BCUT2D eigenvalue weighted by molar-refractivity contribution is 7.93. The van der Waals surface area contributed by atoms with Crippen LogP contribution in [0.1, 0.15) is 22.4 Å². The minimum Gasteiger partial charge on any atom is -0.325 e. The molecule has 3 rings (SSSR count). The lowest BCUT2D eigenvalue weighted by Crippen LogP contribution is -2.16. The third-order valence-electron chi connectivity index (χ3n) is 4.11. The van der Waals surface area contributed by atoms with Gasteiger partial charge in [0.15, 0.2) is 5.13 Å². The van der Waals surface area contributed by atoms with Crippen molar-refractivity contribution < 1.29 is 13.2 Å². The Morgan fingerprint density at radius 1 is 1.04 bits per heavy atom. The predicted molar refractivity (Wildman–Crippen MR) is 112 cm³/mol. The third-order valence-corrected chi connectivity index (χ3v) is 6.40. The molecule has 1 heterocycles. The van der Waals surface area contributed by atoms with Gasteiger partial charge in [0.25, 0.3) is 10.0 Å². The Kier molecular flexibility index (Phi) is 5.81. The molecule has 146 valence electrons. The van der Waals surface area contributed by atoms with Gasteiger partial charge in [0, 0.05) is 11.1 Å². The minimum atomic E-state index is -3.71. The maximum atomic E-state index is 12.4. The van der Waals surface area contributed by atoms with E-state index in [1.807, 2.05) is 39.0 Å². The molecule has 0 atom stereocenters. The third kappa shape index (κ3) is 4.96. The molecular weight excluding hydrogens is 394 g/mol. The van der Waals surface area contributed by atoms with Crippen LogP contribution in [0.15, 0.2) is 52.7 Å². The fourth-order valence-corrected chi connectivity index (χ4v) is 4.52. The normalized spacial score (nSPS) is 11.2. The first-order valence-electron chi connectivity index (χ1n) is 8.64. The number of aryl methyl sites for hydroxylation is 3. The second-order valence-corrected chi connectivity index (χ2v) is 9.15. The molecular formula is C20H21N3O3S2. The van der Waals surface area contributed by atoms with Crippen LogP contribution in [-0.4, -0.2) is 19.3 Å². The number of amides is 1. The molecule has 0 aliphatic carbocycles. The molecule has 28 heavy (non-hydrogen) atoms. The van der Waals surface area contributed by atoms with Gasteiger partial charge in [-0.15, -0.1) is 11.3 Å². The van der Waals surface area contributed by atoms with Gasteiger partial charge in [0.2, 0.25) is 5.91 Å². The molecule has 3 aromatic rings. The van der Waals surface area contributed by atoms with Crippen LogP contribution in [0.3, 0.4) is 0 Å². The molecule has 2 N–H and O–H groups in total. The van der Waals surface area contributed by atoms with Crippen molar-refractivity contribution in [1.82, 2.24) is 4.98 Å². The zero-order valence-electron chi connectivity index (χ0n) is 15.8. The molecule has 0 radical (unpaired) electrons. The lowest BCUT2D eigenvalue weighted by atomic mass is 10.1. The van der Waals surface area contributed by atoms with Crippen molar-refractivity contribution in [3.63, 3.8) is 0 Å². The summed E-state index contributed by atoms with van der Waals surface area (Å²) >= 11 is 1.15. The van der Waals surface area contributed by atoms with Gasteiger partial charge in [0.05, 0.1) is 17.0 Å². The number of rotatable bonds is 6. The largest absolute Gasteiger partial charge is 0.325 e. The number of nitrogens with zero attached hydrogens (tertiary/aromatic N) is 1. The highest BCUT2D eigenvalue weighted by Gasteiger charge is 2.17. The number of thiazole rings is 1. The van der Waals surface area contributed by atoms with E-state index in [1.165, 1.54) is 0 Å². The zero-order chi connectivity index (χ0) is 20.3. The molecule has 1 aromatic heterocycles. The summed E-state index contributed by atoms with van der Waals surface area (Å²) in [7, 11) is -3.71. The lowest BCUT2D eigenvalue weighted by molar-refractivity contribution is -0.115. The van der Waals surface area contributed by atoms with Crippen LogP contribution >= 0.6 is 11.3 Å². The number of carbonyl (C=O) groups excluding carboxylic acids is 1. The van der Waals surface area contributed by atoms with Gasteiger partial charge < -0.3 is 5.32 Å². The molecule has 8 heteroatoms. The van der Waals surface area contributed by atoms with Crippen molar-refractivity contribution in [3.8, 4) is 0 Å². The molecule has 1 amide bonds. The first-order chi connectivity index (χ1) is 13.2. The molecule has 0 saturated heterocycles. The topological polar surface area (TPSA) is 88.2 Å². The van der Waals surface area contributed by atoms with Gasteiger partial charge in [-0.1, -0.05) is 29.8 Å². The van der Waals surface area contributed by atoms with Crippen LogP contribution in [0.25, 0.3) is 0 Å². The van der Waals surface area contributed by atoms with E-state index in [0.29, 0.717) is 5.69 Å². The fourth-order valence-electron chi connectivity index (χ4n) is 2.56. The monoisotopic (exact) mass is 415 g/mol. The number of nitrogens with one attached hydrogen (secondary N) is 2. The Morgan fingerprint density at radius 3 is 2.43 bits per heavy atom. The van der Waals surface area contributed by atoms with E-state index in [2.05, 4.69) is 15.0 Å². The summed E-state index contributed by atoms with van der Waals surface area (Å²) in [4.78, 5) is 16.7. The fraction of sp³-hybridized carbons (Fsp3) is 0.200. The molecule has 0 spiro atoms. The van der Waals surface area contributed by atoms with Gasteiger partial charge in [-0.25, -0.2) is 13.4 Å². The van der Waals surface area contributed by atoms with Crippen molar-refractivity contribution in [1.29, 1.82) is 0 Å². The smallest absolute Gasteiger partial charge is 0.263 e. The highest BCUT2D eigenvalue weighted by Crippen LogP contribution is 2.21. The first-order valence-corrected chi connectivity index (χ1v) is 11.0. The molecule has 0 fully saturated rings. The highest BCUT2D eigenvalue weighted by atomic mass is 32.2. The maximum absolute atomic E-state index is 12.4. The van der Waals surface area contributed by atoms with Crippen molar-refractivity contribution in [2.24, 2.45) is 0 Å². The number of benzene rings is 2. The van der Waals surface area contributed by atoms with E-state index >= 15 is 0 Å². The zero-order valence-corrected chi connectivity index (χ0v) is 17.4. The maximum Gasteiger partial charge on any atom is 0.263 e. The van der Waals surface area contributed by atoms with Crippen molar-refractivity contribution in [2.45, 2.75) is 32.1 Å². The van der Waals surface area contributed by atoms with Gasteiger partial charge in [-0.2, -0.15) is 0 Å². The molecule has 0 bridgehead atoms. The quantitative estimate of drug-likeness (QED) is 0.636. The van der Waals surface area contributed by atoms with E-state index in [1.54, 1.807) is 29.6 Å². The Morgan fingerprint density at radius 2 is 1.71 bits per heavy atom. The molecule has 2 aromatic carbocycles. The van der Waals surface area contributed by atoms with Gasteiger partial charge >= 0.3 is 0 Å². The Labute approximate surface area is 168 Å². The minimum absolute atomic E-state index is 0.0656. The number of aromatic nitrogens is 1. The van der Waals surface area contributed by atoms with E-state index in [4.69, 9.17) is 0 Å². The Bertz CT molecular complexity index is 1100. The lowest BCUT2D eigenvalue weighted by Gasteiger charge is -2.08. The summed E-state index contributed by atoms with van der Waals surface area (Å²) in [6.07, 6.45) is 0.0656. The van der Waals surface area contributed by atoms with Crippen LogP contribution in [0.4, 0.5) is 10.8 Å². The second kappa shape index (κ2) is 8.12. The van der Waals surface area contributed by atoms with Crippen LogP contribution in [-0.2, 0) is 21.2 Å². The summed E-state index contributed by atoms with van der Waals surface area (Å²) in [5.74, 6) is -0.202. The van der Waals surface area contributed by atoms with Crippen LogP contribution < -0.4 is 10.0 Å². The van der Waals surface area contributed by atoms with E-state index in [0.717, 1.165) is 33.7 Å². The first kappa shape index (κ1) is 20.0. The average molecular weight is 416 g/mol. The van der Waals surface area contributed by atoms with Gasteiger partial charge in [0.1, 0.15) is 0 Å². The summed E-state index contributed by atoms with van der Waals surface area (Å²) in [6.45, 7) is 5.78. The molecule has 0 unspecified atom stereocenters. The van der Waals surface area contributed by atoms with Gasteiger partial charge in [-0.3, -0.25) is 9.52 Å². The van der Waals surface area contributed by atoms with Crippen LogP contribution in [0.2, 0.25) is 0 Å².